The summed E-state index contributed by atoms with van der Waals surface area (Å²) in [5.41, 5.74) is 2.64. The zero-order valence-electron chi connectivity index (χ0n) is 15.9. The number of aliphatic hydroxyl groups excluding tert-OH is 1. The third-order valence-electron chi connectivity index (χ3n) is 6.70. The van der Waals surface area contributed by atoms with Crippen molar-refractivity contribution in [1.82, 2.24) is 0 Å². The number of methoxy groups -OCH3 is 1. The lowest BCUT2D eigenvalue weighted by atomic mass is 9.49. The number of aliphatic hydroxyl groups is 1. The number of hydrogen-bond donors (Lipinski definition) is 1. The number of ether oxygens (including phenoxy) is 1. The summed E-state index contributed by atoms with van der Waals surface area (Å²) in [6.45, 7) is 8.45. The van der Waals surface area contributed by atoms with Crippen LogP contribution in [-0.4, -0.2) is 24.3 Å². The first kappa shape index (κ1) is 18.7. The number of rotatable bonds is 2. The quantitative estimate of drug-likeness (QED) is 0.779. The van der Waals surface area contributed by atoms with Crippen LogP contribution in [0.15, 0.2) is 12.1 Å². The molecular formula is C21H29ClO3. The first-order valence-corrected chi connectivity index (χ1v) is 9.61. The van der Waals surface area contributed by atoms with E-state index in [1.54, 1.807) is 0 Å². The highest BCUT2D eigenvalue weighted by Crippen LogP contribution is 2.58. The van der Waals surface area contributed by atoms with Crippen molar-refractivity contribution >= 4 is 17.6 Å². The van der Waals surface area contributed by atoms with Crippen LogP contribution in [0.3, 0.4) is 0 Å². The Kier molecular flexibility index (Phi) is 4.70. The maximum Gasteiger partial charge on any atom is 0.311 e. The number of halogens is 1. The zero-order chi connectivity index (χ0) is 18.6. The Labute approximate surface area is 155 Å². The molecule has 1 N–H and O–H groups in total. The second-order valence-electron chi connectivity index (χ2n) is 8.63. The molecule has 0 aromatic heterocycles. The van der Waals surface area contributed by atoms with Crippen molar-refractivity contribution < 1.29 is 14.6 Å². The Morgan fingerprint density at radius 2 is 2.00 bits per heavy atom. The van der Waals surface area contributed by atoms with Gasteiger partial charge in [-0.2, -0.15) is 0 Å². The molecule has 1 fully saturated rings. The fraction of sp³-hybridized carbons (Fsp3) is 0.667. The highest BCUT2D eigenvalue weighted by atomic mass is 35.5. The standard InChI is InChI=1S/C21H29ClO3/c1-12(2)14-6-8-16-15(18(14)22)7-9-17-20(16,3)10-13(23)11-21(17,4)19(24)25-5/h6,8,12-13,17,23H,7,9-11H2,1-5H3/t13-,17-,20-,21-/m1/s1. The molecule has 0 amide bonds. The van der Waals surface area contributed by atoms with E-state index in [0.717, 1.165) is 17.9 Å². The molecule has 0 aliphatic heterocycles. The molecular weight excluding hydrogens is 336 g/mol. The number of carbonyl (C=O) groups excluding carboxylic acids is 1. The number of hydrogen-bond acceptors (Lipinski definition) is 3. The van der Waals surface area contributed by atoms with E-state index in [2.05, 4.69) is 32.9 Å². The van der Waals surface area contributed by atoms with E-state index in [4.69, 9.17) is 16.3 Å². The summed E-state index contributed by atoms with van der Waals surface area (Å²) in [5, 5.41) is 11.5. The van der Waals surface area contributed by atoms with Gasteiger partial charge < -0.3 is 9.84 Å². The molecule has 1 aromatic carbocycles. The van der Waals surface area contributed by atoms with Gasteiger partial charge in [-0.1, -0.05) is 44.5 Å². The van der Waals surface area contributed by atoms with Gasteiger partial charge in [-0.05, 0) is 66.5 Å². The van der Waals surface area contributed by atoms with Crippen LogP contribution in [0.25, 0.3) is 0 Å². The van der Waals surface area contributed by atoms with Gasteiger partial charge >= 0.3 is 5.97 Å². The van der Waals surface area contributed by atoms with Crippen LogP contribution in [0.1, 0.15) is 69.6 Å². The van der Waals surface area contributed by atoms with Crippen LogP contribution in [0, 0.1) is 11.3 Å². The fourth-order valence-electron chi connectivity index (χ4n) is 5.59. The molecule has 4 heteroatoms. The normalized spacial score (nSPS) is 34.4. The molecule has 138 valence electrons. The highest BCUT2D eigenvalue weighted by molar-refractivity contribution is 6.32. The average Bonchev–Trinajstić information content (AvgIpc) is 2.53. The predicted molar refractivity (Wildman–Crippen MR) is 100 cm³/mol. The Balaban J connectivity index is 2.15. The van der Waals surface area contributed by atoms with Crippen molar-refractivity contribution in [2.24, 2.45) is 11.3 Å². The van der Waals surface area contributed by atoms with Crippen molar-refractivity contribution in [3.63, 3.8) is 0 Å². The van der Waals surface area contributed by atoms with Crippen LogP contribution in [0.4, 0.5) is 0 Å². The van der Waals surface area contributed by atoms with Gasteiger partial charge in [0, 0.05) is 5.02 Å². The molecule has 0 heterocycles. The topological polar surface area (TPSA) is 46.5 Å². The Hall–Kier alpha value is -1.06. The largest absolute Gasteiger partial charge is 0.469 e. The summed E-state index contributed by atoms with van der Waals surface area (Å²) >= 11 is 6.76. The summed E-state index contributed by atoms with van der Waals surface area (Å²) in [6.07, 6.45) is 2.38. The number of carbonyl (C=O) groups is 1. The third-order valence-corrected chi connectivity index (χ3v) is 7.15. The van der Waals surface area contributed by atoms with E-state index in [1.165, 1.54) is 23.8 Å². The molecule has 4 atom stereocenters. The molecule has 0 spiro atoms. The molecule has 1 aromatic rings. The second kappa shape index (κ2) is 6.28. The maximum atomic E-state index is 12.6. The van der Waals surface area contributed by atoms with Crippen LogP contribution in [-0.2, 0) is 21.4 Å². The van der Waals surface area contributed by atoms with E-state index >= 15 is 0 Å². The van der Waals surface area contributed by atoms with Crippen molar-refractivity contribution in [2.45, 2.75) is 70.8 Å². The van der Waals surface area contributed by atoms with E-state index in [0.29, 0.717) is 18.8 Å². The van der Waals surface area contributed by atoms with Crippen molar-refractivity contribution in [3.8, 4) is 0 Å². The predicted octanol–water partition coefficient (Wildman–Crippen LogP) is 4.62. The molecule has 25 heavy (non-hydrogen) atoms. The molecule has 2 aliphatic rings. The van der Waals surface area contributed by atoms with Gasteiger partial charge in [-0.3, -0.25) is 4.79 Å². The number of benzene rings is 1. The molecule has 1 saturated carbocycles. The minimum Gasteiger partial charge on any atom is -0.469 e. The van der Waals surface area contributed by atoms with Gasteiger partial charge in [0.2, 0.25) is 0 Å². The number of fused-ring (bicyclic) bond motifs is 3. The van der Waals surface area contributed by atoms with Gasteiger partial charge in [-0.15, -0.1) is 0 Å². The molecule has 0 saturated heterocycles. The van der Waals surface area contributed by atoms with Gasteiger partial charge in [0.05, 0.1) is 18.6 Å². The minimum absolute atomic E-state index is 0.143. The van der Waals surface area contributed by atoms with E-state index in [-0.39, 0.29) is 17.3 Å². The SMILES string of the molecule is COC(=O)[C@]1(C)C[C@H](O)C[C@]2(C)c3ccc(C(C)C)c(Cl)c3CC[C@@H]12. The lowest BCUT2D eigenvalue weighted by Gasteiger charge is -2.55. The Morgan fingerprint density at radius 3 is 2.60 bits per heavy atom. The van der Waals surface area contributed by atoms with Gasteiger partial charge in [0.25, 0.3) is 0 Å². The van der Waals surface area contributed by atoms with E-state index in [1.807, 2.05) is 6.92 Å². The Morgan fingerprint density at radius 1 is 1.32 bits per heavy atom. The molecule has 0 radical (unpaired) electrons. The van der Waals surface area contributed by atoms with Crippen molar-refractivity contribution in [3.05, 3.63) is 33.8 Å². The smallest absolute Gasteiger partial charge is 0.311 e. The average molecular weight is 365 g/mol. The van der Waals surface area contributed by atoms with Crippen LogP contribution in [0.2, 0.25) is 5.02 Å². The van der Waals surface area contributed by atoms with Crippen LogP contribution < -0.4 is 0 Å². The lowest BCUT2D eigenvalue weighted by molar-refractivity contribution is -0.166. The first-order valence-electron chi connectivity index (χ1n) is 9.23. The van der Waals surface area contributed by atoms with Gasteiger partial charge in [-0.25, -0.2) is 0 Å². The molecule has 3 nitrogen and oxygen atoms in total. The maximum absolute atomic E-state index is 12.6. The van der Waals surface area contributed by atoms with E-state index in [9.17, 15) is 9.90 Å². The molecule has 3 rings (SSSR count). The number of esters is 1. The van der Waals surface area contributed by atoms with Gasteiger partial charge in [0.1, 0.15) is 0 Å². The lowest BCUT2D eigenvalue weighted by Crippen LogP contribution is -2.56. The Bertz CT molecular complexity index is 699. The summed E-state index contributed by atoms with van der Waals surface area (Å²) in [6, 6.07) is 4.30. The fourth-order valence-corrected chi connectivity index (χ4v) is 6.06. The van der Waals surface area contributed by atoms with Crippen molar-refractivity contribution in [2.75, 3.05) is 7.11 Å². The highest BCUT2D eigenvalue weighted by Gasteiger charge is 2.58. The third kappa shape index (κ3) is 2.71. The van der Waals surface area contributed by atoms with E-state index < -0.39 is 11.5 Å². The summed E-state index contributed by atoms with van der Waals surface area (Å²) in [5.74, 6) is 0.306. The van der Waals surface area contributed by atoms with Gasteiger partial charge in [0.15, 0.2) is 0 Å². The summed E-state index contributed by atoms with van der Waals surface area (Å²) < 4.78 is 5.12. The molecule has 0 bridgehead atoms. The monoisotopic (exact) mass is 364 g/mol. The minimum atomic E-state index is -0.665. The second-order valence-corrected chi connectivity index (χ2v) is 9.01. The van der Waals surface area contributed by atoms with Crippen molar-refractivity contribution in [1.29, 1.82) is 0 Å². The summed E-state index contributed by atoms with van der Waals surface area (Å²) in [4.78, 5) is 12.6. The van der Waals surface area contributed by atoms with Crippen LogP contribution in [0.5, 0.6) is 0 Å². The first-order chi connectivity index (χ1) is 11.6. The zero-order valence-corrected chi connectivity index (χ0v) is 16.6. The van der Waals surface area contributed by atoms with Crippen LogP contribution >= 0.6 is 11.6 Å². The molecule has 0 unspecified atom stereocenters. The summed E-state index contributed by atoms with van der Waals surface area (Å²) in [7, 11) is 1.44. The molecule has 2 aliphatic carbocycles.